The molecule has 0 aliphatic heterocycles. The van der Waals surface area contributed by atoms with Crippen molar-refractivity contribution in [2.45, 2.75) is 25.0 Å². The molecule has 1 aromatic carbocycles. The lowest BCUT2D eigenvalue weighted by Gasteiger charge is -2.13. The lowest BCUT2D eigenvalue weighted by atomic mass is 10.1. The number of carbonyl (C=O) groups is 1. The van der Waals surface area contributed by atoms with E-state index in [1.54, 1.807) is 0 Å². The SMILES string of the molecule is O=C(O)CC1(CS(=O)(=O)Cc2ccc(F)c(Cl)c2)CC1. The number of carboxylic acid groups (broad SMARTS) is 1. The topological polar surface area (TPSA) is 71.4 Å². The molecule has 1 N–H and O–H groups in total. The number of aliphatic carboxylic acids is 1. The van der Waals surface area contributed by atoms with Gasteiger partial charge in [-0.15, -0.1) is 0 Å². The minimum absolute atomic E-state index is 0.121. The van der Waals surface area contributed by atoms with E-state index in [4.69, 9.17) is 16.7 Å². The van der Waals surface area contributed by atoms with Crippen LogP contribution in [0.4, 0.5) is 4.39 Å². The van der Waals surface area contributed by atoms with Crippen LogP contribution in [-0.2, 0) is 20.4 Å². The number of hydrogen-bond donors (Lipinski definition) is 1. The molecule has 4 nitrogen and oxygen atoms in total. The molecule has 0 radical (unpaired) electrons. The van der Waals surface area contributed by atoms with Gasteiger partial charge < -0.3 is 5.11 Å². The summed E-state index contributed by atoms with van der Waals surface area (Å²) in [5.74, 6) is -1.99. The summed E-state index contributed by atoms with van der Waals surface area (Å²) < 4.78 is 37.2. The summed E-state index contributed by atoms with van der Waals surface area (Å²) >= 11 is 5.61. The van der Waals surface area contributed by atoms with Crippen molar-refractivity contribution in [3.63, 3.8) is 0 Å². The first-order chi connectivity index (χ1) is 9.21. The lowest BCUT2D eigenvalue weighted by Crippen LogP contribution is -2.21. The zero-order valence-electron chi connectivity index (χ0n) is 10.6. The summed E-state index contributed by atoms with van der Waals surface area (Å²) in [7, 11) is -3.45. The third-order valence-electron chi connectivity index (χ3n) is 3.38. The molecule has 1 fully saturated rings. The molecule has 110 valence electrons. The van der Waals surface area contributed by atoms with Gasteiger partial charge in [0.05, 0.1) is 22.9 Å². The average molecular weight is 321 g/mol. The second-order valence-corrected chi connectivity index (χ2v) is 7.82. The molecule has 7 heteroatoms. The molecule has 1 aromatic rings. The summed E-state index contributed by atoms with van der Waals surface area (Å²) in [5.41, 5.74) is -0.211. The van der Waals surface area contributed by atoms with Crippen molar-refractivity contribution in [2.75, 3.05) is 5.75 Å². The van der Waals surface area contributed by atoms with E-state index in [-0.39, 0.29) is 22.9 Å². The third-order valence-corrected chi connectivity index (χ3v) is 5.50. The highest BCUT2D eigenvalue weighted by atomic mass is 35.5. The van der Waals surface area contributed by atoms with E-state index in [9.17, 15) is 17.6 Å². The second-order valence-electron chi connectivity index (χ2n) is 5.35. The van der Waals surface area contributed by atoms with Crippen LogP contribution in [0.5, 0.6) is 0 Å². The van der Waals surface area contributed by atoms with Gasteiger partial charge in [0.1, 0.15) is 5.82 Å². The second kappa shape index (κ2) is 5.33. The van der Waals surface area contributed by atoms with Crippen molar-refractivity contribution in [3.05, 3.63) is 34.6 Å². The molecule has 0 amide bonds. The van der Waals surface area contributed by atoms with Gasteiger partial charge in [0.2, 0.25) is 0 Å². The van der Waals surface area contributed by atoms with Crippen LogP contribution >= 0.6 is 11.6 Å². The number of benzene rings is 1. The quantitative estimate of drug-likeness (QED) is 0.874. The van der Waals surface area contributed by atoms with Gasteiger partial charge in [-0.1, -0.05) is 17.7 Å². The van der Waals surface area contributed by atoms with Crippen molar-refractivity contribution in [1.29, 1.82) is 0 Å². The van der Waals surface area contributed by atoms with Gasteiger partial charge in [0, 0.05) is 0 Å². The highest BCUT2D eigenvalue weighted by molar-refractivity contribution is 7.90. The molecule has 0 aromatic heterocycles. The first-order valence-corrected chi connectivity index (χ1v) is 8.28. The molecular weight excluding hydrogens is 307 g/mol. The monoisotopic (exact) mass is 320 g/mol. The standard InChI is InChI=1S/C13H14ClFO4S/c14-10-5-9(1-2-11(10)15)7-20(18,19)8-13(3-4-13)6-12(16)17/h1-2,5H,3-4,6-8H2,(H,16,17). The first kappa shape index (κ1) is 15.3. The van der Waals surface area contributed by atoms with Gasteiger partial charge in [0.25, 0.3) is 0 Å². The van der Waals surface area contributed by atoms with Crippen LogP contribution in [0, 0.1) is 11.2 Å². The van der Waals surface area contributed by atoms with Crippen LogP contribution in [-0.4, -0.2) is 25.2 Å². The van der Waals surface area contributed by atoms with Crippen molar-refractivity contribution in [3.8, 4) is 0 Å². The average Bonchev–Trinajstić information content (AvgIpc) is 3.00. The van der Waals surface area contributed by atoms with Crippen molar-refractivity contribution >= 4 is 27.4 Å². The van der Waals surface area contributed by atoms with E-state index < -0.39 is 27.0 Å². The maximum Gasteiger partial charge on any atom is 0.303 e. The molecule has 1 aliphatic carbocycles. The summed E-state index contributed by atoms with van der Waals surface area (Å²) in [6.45, 7) is 0. The molecule has 0 spiro atoms. The molecule has 2 rings (SSSR count). The predicted molar refractivity (Wildman–Crippen MR) is 72.8 cm³/mol. The Labute approximate surface area is 121 Å². The highest BCUT2D eigenvalue weighted by Gasteiger charge is 2.47. The Hall–Kier alpha value is -1.14. The summed E-state index contributed by atoms with van der Waals surface area (Å²) in [6.07, 6.45) is 1.10. The number of rotatable bonds is 6. The summed E-state index contributed by atoms with van der Waals surface area (Å²) in [5, 5.41) is 8.67. The Morgan fingerprint density at radius 2 is 2.05 bits per heavy atom. The van der Waals surface area contributed by atoms with Crippen molar-refractivity contribution in [1.82, 2.24) is 0 Å². The Balaban J connectivity index is 2.08. The molecule has 0 saturated heterocycles. The van der Waals surface area contributed by atoms with Crippen LogP contribution < -0.4 is 0 Å². The Kier molecular flexibility index (Phi) is 4.07. The highest BCUT2D eigenvalue weighted by Crippen LogP contribution is 2.50. The smallest absolute Gasteiger partial charge is 0.303 e. The Morgan fingerprint density at radius 1 is 1.40 bits per heavy atom. The number of carboxylic acids is 1. The number of halogens is 2. The molecule has 0 heterocycles. The van der Waals surface area contributed by atoms with Crippen LogP contribution in [0.1, 0.15) is 24.8 Å². The summed E-state index contributed by atoms with van der Waals surface area (Å²) in [6, 6.07) is 3.78. The van der Waals surface area contributed by atoms with Crippen LogP contribution in [0.2, 0.25) is 5.02 Å². The number of hydrogen-bond acceptors (Lipinski definition) is 3. The molecule has 0 bridgehead atoms. The van der Waals surface area contributed by atoms with Gasteiger partial charge in [-0.3, -0.25) is 4.79 Å². The minimum Gasteiger partial charge on any atom is -0.481 e. The lowest BCUT2D eigenvalue weighted by molar-refractivity contribution is -0.138. The van der Waals surface area contributed by atoms with Crippen molar-refractivity contribution in [2.24, 2.45) is 5.41 Å². The largest absolute Gasteiger partial charge is 0.481 e. The predicted octanol–water partition coefficient (Wildman–Crippen LogP) is 2.65. The fourth-order valence-corrected chi connectivity index (χ4v) is 4.59. The van der Waals surface area contributed by atoms with E-state index >= 15 is 0 Å². The summed E-state index contributed by atoms with van der Waals surface area (Å²) in [4.78, 5) is 10.7. The molecule has 0 unspecified atom stereocenters. The van der Waals surface area contributed by atoms with E-state index in [1.165, 1.54) is 12.1 Å². The van der Waals surface area contributed by atoms with Crippen molar-refractivity contribution < 1.29 is 22.7 Å². The van der Waals surface area contributed by atoms with Gasteiger partial charge in [-0.25, -0.2) is 12.8 Å². The molecular formula is C13H14ClFO4S. The minimum atomic E-state index is -3.45. The number of sulfone groups is 1. The van der Waals surface area contributed by atoms with Crippen LogP contribution in [0.25, 0.3) is 0 Å². The van der Waals surface area contributed by atoms with Gasteiger partial charge >= 0.3 is 5.97 Å². The maximum absolute atomic E-state index is 13.0. The maximum atomic E-state index is 13.0. The van der Waals surface area contributed by atoms with E-state index in [2.05, 4.69) is 0 Å². The first-order valence-electron chi connectivity index (χ1n) is 6.08. The van der Waals surface area contributed by atoms with E-state index in [1.807, 2.05) is 0 Å². The Bertz CT molecular complexity index is 638. The molecule has 0 atom stereocenters. The third kappa shape index (κ3) is 3.93. The van der Waals surface area contributed by atoms with E-state index in [0.717, 1.165) is 6.07 Å². The van der Waals surface area contributed by atoms with Gasteiger partial charge in [0.15, 0.2) is 9.84 Å². The molecule has 20 heavy (non-hydrogen) atoms. The van der Waals surface area contributed by atoms with Crippen LogP contribution in [0.3, 0.4) is 0 Å². The fourth-order valence-electron chi connectivity index (χ4n) is 2.27. The van der Waals surface area contributed by atoms with E-state index in [0.29, 0.717) is 18.4 Å². The zero-order chi connectivity index (χ0) is 15.0. The fraction of sp³-hybridized carbons (Fsp3) is 0.462. The Morgan fingerprint density at radius 3 is 2.55 bits per heavy atom. The molecule has 1 saturated carbocycles. The van der Waals surface area contributed by atoms with Gasteiger partial charge in [-0.05, 0) is 36.0 Å². The zero-order valence-corrected chi connectivity index (χ0v) is 12.2. The molecule has 1 aliphatic rings. The van der Waals surface area contributed by atoms with Crippen LogP contribution in [0.15, 0.2) is 18.2 Å². The normalized spacial score (nSPS) is 16.9. The van der Waals surface area contributed by atoms with Gasteiger partial charge in [-0.2, -0.15) is 0 Å².